The predicted octanol–water partition coefficient (Wildman–Crippen LogP) is 13.4. The minimum atomic E-state index is -3.98. The van der Waals surface area contributed by atoms with Crippen molar-refractivity contribution in [3.63, 3.8) is 0 Å². The minimum absolute atomic E-state index is 0. The van der Waals surface area contributed by atoms with Gasteiger partial charge in [-0.2, -0.15) is 0 Å². The smallest absolute Gasteiger partial charge is 0.748 e. The molecule has 0 saturated heterocycles. The molecular weight excluding hydrogens is 1100 g/mol. The van der Waals surface area contributed by atoms with E-state index in [1.165, 1.54) is 180 Å². The van der Waals surface area contributed by atoms with Crippen LogP contribution in [0.25, 0.3) is 0 Å². The molecule has 12 nitrogen and oxygen atoms in total. The normalized spacial score (nSPS) is 11.7. The summed E-state index contributed by atoms with van der Waals surface area (Å²) in [7, 11) is -15.9. The van der Waals surface area contributed by atoms with Crippen LogP contribution in [0.15, 0.2) is 0 Å². The quantitative estimate of drug-likeness (QED) is 0.0315. The van der Waals surface area contributed by atoms with Gasteiger partial charge in [-0.1, -0.05) is 259 Å². The van der Waals surface area contributed by atoms with E-state index in [0.717, 1.165) is 51.4 Å². The Hall–Kier alpha value is 0.562. The summed E-state index contributed by atoms with van der Waals surface area (Å²) in [6, 6.07) is 0. The van der Waals surface area contributed by atoms with E-state index in [-0.39, 0.29) is 50.3 Å². The monoisotopic (exact) mass is 1200 g/mol. The topological polar surface area (TPSA) is 229 Å². The fourth-order valence-electron chi connectivity index (χ4n) is 7.07. The molecule has 0 amide bonds. The summed E-state index contributed by atoms with van der Waals surface area (Å²) in [6.45, 7) is 8.85. The third-order valence-electron chi connectivity index (χ3n) is 11.0. The molecular formula is C48H100O12PbS4. The van der Waals surface area contributed by atoms with Crippen LogP contribution in [0, 0.1) is 0 Å². The zero-order valence-corrected chi connectivity index (χ0v) is 49.3. The Labute approximate surface area is 424 Å². The van der Waals surface area contributed by atoms with Gasteiger partial charge in [0.15, 0.2) is 0 Å². The van der Waals surface area contributed by atoms with Gasteiger partial charge in [0.1, 0.15) is 0 Å². The Kier molecular flexibility index (Phi) is 63.6. The molecule has 0 N–H and O–H groups in total. The van der Waals surface area contributed by atoms with Crippen LogP contribution in [0.1, 0.15) is 285 Å². The molecule has 0 fully saturated rings. The van der Waals surface area contributed by atoms with Crippen molar-refractivity contribution in [2.45, 2.75) is 285 Å². The van der Waals surface area contributed by atoms with E-state index < -0.39 is 40.5 Å². The summed E-state index contributed by atoms with van der Waals surface area (Å²) in [5, 5.41) is 0. The summed E-state index contributed by atoms with van der Waals surface area (Å²) < 4.78 is 124. The zero-order chi connectivity index (χ0) is 49.1. The standard InChI is InChI=1S/4C12H26O3S.Pb/c4*1-2-3-4-5-6-7-8-9-10-11-12-16(13,14)15;/h4*2-12H2,1H3,(H,13,14,15);/q;;;;+4/p-4. The first kappa shape index (κ1) is 74.5. The van der Waals surface area contributed by atoms with E-state index in [4.69, 9.17) is 0 Å². The molecule has 0 heterocycles. The fourth-order valence-corrected chi connectivity index (χ4v) is 9.30. The van der Waals surface area contributed by atoms with E-state index in [9.17, 15) is 51.9 Å². The number of unbranched alkanes of at least 4 members (excludes halogenated alkanes) is 36. The maximum Gasteiger partial charge on any atom is 4.00 e. The van der Waals surface area contributed by atoms with Gasteiger partial charge in [-0.3, -0.25) is 0 Å². The van der Waals surface area contributed by atoms with Gasteiger partial charge in [-0.05, 0) is 25.7 Å². The molecule has 0 aliphatic rings. The van der Waals surface area contributed by atoms with Gasteiger partial charge in [0, 0.05) is 23.0 Å². The molecule has 0 aromatic rings. The van der Waals surface area contributed by atoms with Crippen LogP contribution in [0.3, 0.4) is 0 Å². The second-order valence-corrected chi connectivity index (χ2v) is 23.9. The molecule has 0 aromatic heterocycles. The molecule has 0 saturated carbocycles. The Morgan fingerprint density at radius 2 is 0.292 bits per heavy atom. The first-order valence-electron chi connectivity index (χ1n) is 26.0. The predicted molar refractivity (Wildman–Crippen MR) is 271 cm³/mol. The van der Waals surface area contributed by atoms with Crippen LogP contribution in [0.2, 0.25) is 0 Å². The van der Waals surface area contributed by atoms with Gasteiger partial charge < -0.3 is 18.2 Å². The van der Waals surface area contributed by atoms with E-state index in [2.05, 4.69) is 27.7 Å². The minimum Gasteiger partial charge on any atom is -0.748 e. The average Bonchev–Trinajstić information content (AvgIpc) is 3.20. The first-order chi connectivity index (χ1) is 30.2. The fraction of sp³-hybridized carbons (Fsp3) is 1.00. The Bertz CT molecular complexity index is 1150. The molecule has 0 rings (SSSR count). The third-order valence-corrected chi connectivity index (χ3v) is 14.1. The molecule has 0 unspecified atom stereocenters. The Balaban J connectivity index is -0.000000245. The van der Waals surface area contributed by atoms with Crippen molar-refractivity contribution >= 4 is 67.8 Å². The summed E-state index contributed by atoms with van der Waals surface area (Å²) in [4.78, 5) is 0. The van der Waals surface area contributed by atoms with Crippen molar-refractivity contribution in [3.8, 4) is 0 Å². The largest absolute Gasteiger partial charge is 4.00 e. The number of hydrogen-bond acceptors (Lipinski definition) is 12. The van der Waals surface area contributed by atoms with Gasteiger partial charge in [0.05, 0.1) is 40.5 Å². The maximum absolute atomic E-state index is 10.3. The van der Waals surface area contributed by atoms with Crippen molar-refractivity contribution < 1.29 is 51.9 Å². The van der Waals surface area contributed by atoms with Gasteiger partial charge in [-0.25, -0.2) is 33.7 Å². The van der Waals surface area contributed by atoms with Crippen LogP contribution in [-0.4, -0.2) is 102 Å². The van der Waals surface area contributed by atoms with Gasteiger partial charge in [0.25, 0.3) is 0 Å². The van der Waals surface area contributed by atoms with Crippen molar-refractivity contribution in [1.29, 1.82) is 0 Å². The summed E-state index contributed by atoms with van der Waals surface area (Å²) in [6.07, 6.45) is 45.8. The molecule has 0 radical (unpaired) electrons. The third kappa shape index (κ3) is 91.5. The van der Waals surface area contributed by atoms with Crippen LogP contribution in [0.5, 0.6) is 0 Å². The molecule has 0 aliphatic carbocycles. The van der Waals surface area contributed by atoms with Crippen molar-refractivity contribution in [3.05, 3.63) is 0 Å². The molecule has 65 heavy (non-hydrogen) atoms. The van der Waals surface area contributed by atoms with Crippen LogP contribution < -0.4 is 0 Å². The van der Waals surface area contributed by atoms with E-state index >= 15 is 0 Å². The number of hydrogen-bond donors (Lipinski definition) is 0. The van der Waals surface area contributed by atoms with Crippen LogP contribution >= 0.6 is 0 Å². The molecule has 0 bridgehead atoms. The molecule has 0 aromatic carbocycles. The zero-order valence-electron chi connectivity index (χ0n) is 42.1. The van der Waals surface area contributed by atoms with Crippen LogP contribution in [0.4, 0.5) is 0 Å². The summed E-state index contributed by atoms with van der Waals surface area (Å²) in [5.74, 6) is -0.764. The van der Waals surface area contributed by atoms with Gasteiger partial charge in [-0.15, -0.1) is 0 Å². The first-order valence-corrected chi connectivity index (χ1v) is 32.3. The van der Waals surface area contributed by atoms with E-state index in [0.29, 0.717) is 25.7 Å². The van der Waals surface area contributed by atoms with E-state index in [1.807, 2.05) is 0 Å². The molecule has 0 spiro atoms. The summed E-state index contributed by atoms with van der Waals surface area (Å²) in [5.41, 5.74) is 0. The van der Waals surface area contributed by atoms with Crippen molar-refractivity contribution in [2.75, 3.05) is 23.0 Å². The van der Waals surface area contributed by atoms with Crippen LogP contribution in [-0.2, 0) is 40.5 Å². The van der Waals surface area contributed by atoms with Crippen molar-refractivity contribution in [2.24, 2.45) is 0 Å². The van der Waals surface area contributed by atoms with E-state index in [1.54, 1.807) is 0 Å². The number of rotatable bonds is 44. The molecule has 0 aliphatic heterocycles. The second kappa shape index (κ2) is 55.5. The van der Waals surface area contributed by atoms with Crippen molar-refractivity contribution in [1.82, 2.24) is 0 Å². The Morgan fingerprint density at radius 1 is 0.200 bits per heavy atom. The van der Waals surface area contributed by atoms with Gasteiger partial charge in [0.2, 0.25) is 0 Å². The average molecular weight is 1200 g/mol. The maximum atomic E-state index is 10.3. The van der Waals surface area contributed by atoms with Gasteiger partial charge >= 0.3 is 27.3 Å². The second-order valence-electron chi connectivity index (χ2n) is 17.8. The molecule has 17 heteroatoms. The SMILES string of the molecule is CCCCCCCCCCCCS(=O)(=O)[O-].CCCCCCCCCCCCS(=O)(=O)[O-].CCCCCCCCCCCCS(=O)(=O)[O-].CCCCCCCCCCCCS(=O)(=O)[O-].[Pb+4]. The summed E-state index contributed by atoms with van der Waals surface area (Å²) >= 11 is 0. The Morgan fingerprint density at radius 3 is 0.385 bits per heavy atom. The molecule has 0 atom stereocenters. The molecule has 392 valence electrons.